The Balaban J connectivity index is 2.01. The van der Waals surface area contributed by atoms with Gasteiger partial charge in [-0.25, -0.2) is 0 Å². The van der Waals surface area contributed by atoms with Crippen LogP contribution in [0.15, 0.2) is 54.6 Å². The van der Waals surface area contributed by atoms with Gasteiger partial charge in [-0.2, -0.15) is 0 Å². The number of nitrogens with one attached hydrogen (secondary N) is 1. The first kappa shape index (κ1) is 17.9. The molecule has 2 aromatic carbocycles. The number of nitrogens with two attached hydrogens (primary N) is 1. The predicted octanol–water partition coefficient (Wildman–Crippen LogP) is 2.79. The number of benzene rings is 2. The molecule has 3 N–H and O–H groups in total. The molecular weight excluding hydrogens is 300 g/mol. The first-order valence-electron chi connectivity index (χ1n) is 8.27. The van der Waals surface area contributed by atoms with Crippen molar-refractivity contribution in [3.8, 4) is 0 Å². The van der Waals surface area contributed by atoms with E-state index in [4.69, 9.17) is 0 Å². The average molecular weight is 325 g/mol. The number of hydrogen-bond donors (Lipinski definition) is 2. The summed E-state index contributed by atoms with van der Waals surface area (Å²) < 4.78 is 0. The van der Waals surface area contributed by atoms with E-state index in [2.05, 4.69) is 31.3 Å². The highest BCUT2D eigenvalue weighted by atomic mass is 16.2. The van der Waals surface area contributed by atoms with E-state index in [1.165, 1.54) is 12.5 Å². The summed E-state index contributed by atoms with van der Waals surface area (Å²) >= 11 is 0. The molecule has 126 valence electrons. The van der Waals surface area contributed by atoms with Gasteiger partial charge in [-0.15, -0.1) is 0 Å². The topological polar surface area (TPSA) is 62.8 Å². The summed E-state index contributed by atoms with van der Waals surface area (Å²) in [5, 5.41) is 4.89. The second-order valence-electron chi connectivity index (χ2n) is 6.27. The van der Waals surface area contributed by atoms with E-state index in [-0.39, 0.29) is 17.7 Å². The molecule has 0 saturated carbocycles. The Labute approximate surface area is 143 Å². The van der Waals surface area contributed by atoms with Crippen molar-refractivity contribution in [2.75, 3.05) is 11.9 Å². The molecule has 0 fully saturated rings. The molecule has 0 unspecified atom stereocenters. The summed E-state index contributed by atoms with van der Waals surface area (Å²) in [7, 11) is 0. The van der Waals surface area contributed by atoms with Crippen LogP contribution < -0.4 is 10.6 Å². The summed E-state index contributed by atoms with van der Waals surface area (Å²) in [6.45, 7) is 6.11. The van der Waals surface area contributed by atoms with Crippen molar-refractivity contribution in [1.82, 2.24) is 0 Å². The standard InChI is InChI=1S/C20H24N2O2/c1-14(2)20(16-9-5-4-6-10-16)21-13-19(24)22-18-12-8-7-11-17(18)15(3)23/h4-12,14,20-21H,13H2,1-3H3,(H,22,24)/p+1/t20-/m0/s1. The number of rotatable bonds is 7. The molecule has 0 heterocycles. The molecule has 1 amide bonds. The lowest BCUT2D eigenvalue weighted by molar-refractivity contribution is -0.692. The SMILES string of the molecule is CC(=O)c1ccccc1NC(=O)C[NH2+][C@H](c1ccccc1)C(C)C. The van der Waals surface area contributed by atoms with E-state index >= 15 is 0 Å². The summed E-state index contributed by atoms with van der Waals surface area (Å²) in [5.41, 5.74) is 2.32. The summed E-state index contributed by atoms with van der Waals surface area (Å²) in [4.78, 5) is 23.9. The maximum absolute atomic E-state index is 12.3. The monoisotopic (exact) mass is 325 g/mol. The smallest absolute Gasteiger partial charge is 0.279 e. The van der Waals surface area contributed by atoms with Gasteiger partial charge in [0, 0.05) is 17.0 Å². The van der Waals surface area contributed by atoms with Crippen LogP contribution in [0, 0.1) is 5.92 Å². The van der Waals surface area contributed by atoms with Gasteiger partial charge in [-0.1, -0.05) is 56.3 Å². The number of amides is 1. The van der Waals surface area contributed by atoms with Crippen LogP contribution >= 0.6 is 0 Å². The molecule has 1 atom stereocenters. The van der Waals surface area contributed by atoms with E-state index < -0.39 is 0 Å². The van der Waals surface area contributed by atoms with Gasteiger partial charge in [0.05, 0.1) is 5.69 Å². The highest BCUT2D eigenvalue weighted by molar-refractivity contribution is 6.03. The molecule has 0 aromatic heterocycles. The molecule has 0 aliphatic carbocycles. The first-order chi connectivity index (χ1) is 11.5. The van der Waals surface area contributed by atoms with Gasteiger partial charge in [0.15, 0.2) is 12.3 Å². The minimum Gasteiger partial charge on any atom is -0.332 e. The van der Waals surface area contributed by atoms with Crippen LogP contribution in [-0.2, 0) is 4.79 Å². The molecule has 0 aliphatic heterocycles. The van der Waals surface area contributed by atoms with Crippen LogP contribution in [0.2, 0.25) is 0 Å². The van der Waals surface area contributed by atoms with Gasteiger partial charge in [-0.05, 0) is 19.1 Å². The Morgan fingerprint density at radius 3 is 2.25 bits per heavy atom. The van der Waals surface area contributed by atoms with E-state index in [0.29, 0.717) is 23.7 Å². The normalized spacial score (nSPS) is 12.0. The third kappa shape index (κ3) is 4.77. The zero-order valence-electron chi connectivity index (χ0n) is 14.5. The fourth-order valence-electron chi connectivity index (χ4n) is 2.80. The summed E-state index contributed by atoms with van der Waals surface area (Å²) in [6, 6.07) is 17.5. The van der Waals surface area contributed by atoms with Crippen molar-refractivity contribution in [2.45, 2.75) is 26.8 Å². The molecule has 0 radical (unpaired) electrons. The predicted molar refractivity (Wildman–Crippen MR) is 95.9 cm³/mol. The molecule has 0 bridgehead atoms. The number of carbonyl (C=O) groups excluding carboxylic acids is 2. The quantitative estimate of drug-likeness (QED) is 0.769. The summed E-state index contributed by atoms with van der Waals surface area (Å²) in [5.74, 6) is 0.245. The number of Topliss-reactive ketones (excluding diaryl/α,β-unsaturated/α-hetero) is 1. The van der Waals surface area contributed by atoms with Crippen LogP contribution in [0.5, 0.6) is 0 Å². The van der Waals surface area contributed by atoms with Crippen LogP contribution in [0.4, 0.5) is 5.69 Å². The molecule has 0 saturated heterocycles. The Kier molecular flexibility index (Phi) is 6.27. The van der Waals surface area contributed by atoms with E-state index in [1.54, 1.807) is 18.2 Å². The molecule has 2 rings (SSSR count). The lowest BCUT2D eigenvalue weighted by atomic mass is 9.96. The third-order valence-electron chi connectivity index (χ3n) is 4.04. The number of para-hydroxylation sites is 1. The molecule has 2 aromatic rings. The highest BCUT2D eigenvalue weighted by Crippen LogP contribution is 2.17. The molecule has 0 spiro atoms. The average Bonchev–Trinajstić information content (AvgIpc) is 2.56. The van der Waals surface area contributed by atoms with Crippen LogP contribution in [-0.4, -0.2) is 18.2 Å². The minimum atomic E-state index is -0.106. The van der Waals surface area contributed by atoms with Crippen molar-refractivity contribution in [2.24, 2.45) is 5.92 Å². The zero-order valence-corrected chi connectivity index (χ0v) is 14.5. The molecule has 0 aliphatic rings. The largest absolute Gasteiger partial charge is 0.332 e. The number of hydrogen-bond acceptors (Lipinski definition) is 2. The molecule has 4 heteroatoms. The maximum atomic E-state index is 12.3. The van der Waals surface area contributed by atoms with Crippen molar-refractivity contribution < 1.29 is 14.9 Å². The van der Waals surface area contributed by atoms with Gasteiger partial charge < -0.3 is 10.6 Å². The Morgan fingerprint density at radius 1 is 1.00 bits per heavy atom. The number of ketones is 1. The Hall–Kier alpha value is -2.46. The van der Waals surface area contributed by atoms with Crippen molar-refractivity contribution in [3.05, 3.63) is 65.7 Å². The zero-order chi connectivity index (χ0) is 17.5. The van der Waals surface area contributed by atoms with Gasteiger partial charge in [0.1, 0.15) is 6.04 Å². The van der Waals surface area contributed by atoms with Gasteiger partial charge in [-0.3, -0.25) is 9.59 Å². The van der Waals surface area contributed by atoms with Crippen LogP contribution in [0.1, 0.15) is 42.7 Å². The molecular formula is C20H25N2O2+. The van der Waals surface area contributed by atoms with E-state index in [1.807, 2.05) is 29.6 Å². The maximum Gasteiger partial charge on any atom is 0.279 e. The fourth-order valence-corrected chi connectivity index (χ4v) is 2.80. The second kappa shape index (κ2) is 8.41. The van der Waals surface area contributed by atoms with Crippen molar-refractivity contribution in [1.29, 1.82) is 0 Å². The first-order valence-corrected chi connectivity index (χ1v) is 8.27. The van der Waals surface area contributed by atoms with Crippen LogP contribution in [0.25, 0.3) is 0 Å². The number of carbonyl (C=O) groups is 2. The van der Waals surface area contributed by atoms with Crippen molar-refractivity contribution in [3.63, 3.8) is 0 Å². The Morgan fingerprint density at radius 2 is 1.62 bits per heavy atom. The van der Waals surface area contributed by atoms with E-state index in [0.717, 1.165) is 0 Å². The number of anilines is 1. The fraction of sp³-hybridized carbons (Fsp3) is 0.300. The highest BCUT2D eigenvalue weighted by Gasteiger charge is 2.20. The van der Waals surface area contributed by atoms with Gasteiger partial charge in [0.25, 0.3) is 5.91 Å². The summed E-state index contributed by atoms with van der Waals surface area (Å²) in [6.07, 6.45) is 0. The lowest BCUT2D eigenvalue weighted by Gasteiger charge is -2.19. The third-order valence-corrected chi connectivity index (χ3v) is 4.04. The van der Waals surface area contributed by atoms with Crippen molar-refractivity contribution >= 4 is 17.4 Å². The molecule has 24 heavy (non-hydrogen) atoms. The van der Waals surface area contributed by atoms with Gasteiger partial charge >= 0.3 is 0 Å². The van der Waals surface area contributed by atoms with Gasteiger partial charge in [0.2, 0.25) is 0 Å². The van der Waals surface area contributed by atoms with E-state index in [9.17, 15) is 9.59 Å². The minimum absolute atomic E-state index is 0.0563. The Bertz CT molecular complexity index is 696. The number of quaternary nitrogens is 1. The second-order valence-corrected chi connectivity index (χ2v) is 6.27. The van der Waals surface area contributed by atoms with Crippen LogP contribution in [0.3, 0.4) is 0 Å². The lowest BCUT2D eigenvalue weighted by Crippen LogP contribution is -2.88. The molecule has 4 nitrogen and oxygen atoms in total.